The van der Waals surface area contributed by atoms with Gasteiger partial charge in [-0.1, -0.05) is 11.3 Å². The monoisotopic (exact) mass is 240 g/mol. The Morgan fingerprint density at radius 2 is 2.38 bits per heavy atom. The minimum Gasteiger partial charge on any atom is -0.390 e. The van der Waals surface area contributed by atoms with Crippen molar-refractivity contribution in [3.63, 3.8) is 0 Å². The smallest absolute Gasteiger partial charge is 0.115 e. The number of anilines is 1. The summed E-state index contributed by atoms with van der Waals surface area (Å²) in [6, 6.07) is 5.71. The van der Waals surface area contributed by atoms with Gasteiger partial charge in [0.25, 0.3) is 0 Å². The van der Waals surface area contributed by atoms with Crippen molar-refractivity contribution >= 4 is 28.3 Å². The van der Waals surface area contributed by atoms with E-state index in [0.29, 0.717) is 6.54 Å². The van der Waals surface area contributed by atoms with Gasteiger partial charge in [0.05, 0.1) is 17.7 Å². The lowest BCUT2D eigenvalue weighted by Gasteiger charge is -2.10. The summed E-state index contributed by atoms with van der Waals surface area (Å²) in [6.07, 6.45) is -0.557. The van der Waals surface area contributed by atoms with Gasteiger partial charge >= 0.3 is 0 Å². The summed E-state index contributed by atoms with van der Waals surface area (Å²) in [4.78, 5) is 0. The number of nitrogens with zero attached hydrogens (tertiary/aromatic N) is 3. The summed E-state index contributed by atoms with van der Waals surface area (Å²) in [5.74, 6) is 0.215. The lowest BCUT2D eigenvalue weighted by molar-refractivity contribution is 0.211. The Balaban J connectivity index is 2.26. The number of aromatic nitrogens is 3. The van der Waals surface area contributed by atoms with Crippen molar-refractivity contribution in [3.05, 3.63) is 18.2 Å². The van der Waals surface area contributed by atoms with Crippen molar-refractivity contribution in [2.75, 3.05) is 17.7 Å². The molecular weight excluding hydrogens is 228 g/mol. The molecule has 0 aliphatic heterocycles. The molecule has 1 aromatic heterocycles. The van der Waals surface area contributed by atoms with Gasteiger partial charge in [0, 0.05) is 13.6 Å². The van der Waals surface area contributed by atoms with Crippen molar-refractivity contribution in [2.45, 2.75) is 6.10 Å². The van der Waals surface area contributed by atoms with Crippen LogP contribution in [0.25, 0.3) is 11.0 Å². The molecule has 2 aromatic rings. The van der Waals surface area contributed by atoms with Gasteiger partial charge in [-0.25, -0.2) is 4.68 Å². The predicted octanol–water partition coefficient (Wildman–Crippen LogP) is 0.980. The van der Waals surface area contributed by atoms with Crippen molar-refractivity contribution in [3.8, 4) is 0 Å². The lowest BCUT2D eigenvalue weighted by Crippen LogP contribution is -2.21. The number of halogens is 1. The summed E-state index contributed by atoms with van der Waals surface area (Å²) >= 11 is 5.53. The SMILES string of the molecule is Cn1nnc2cccc(NCC(O)CCl)c21. The number of hydrogen-bond donors (Lipinski definition) is 2. The molecule has 1 atom stereocenters. The molecule has 0 aliphatic carbocycles. The minimum atomic E-state index is -0.557. The van der Waals surface area contributed by atoms with E-state index >= 15 is 0 Å². The molecule has 16 heavy (non-hydrogen) atoms. The van der Waals surface area contributed by atoms with E-state index in [2.05, 4.69) is 15.6 Å². The molecule has 86 valence electrons. The summed E-state index contributed by atoms with van der Waals surface area (Å²) in [5.41, 5.74) is 2.64. The second-order valence-electron chi connectivity index (χ2n) is 3.58. The van der Waals surface area contributed by atoms with E-state index in [1.54, 1.807) is 4.68 Å². The molecule has 0 spiro atoms. The van der Waals surface area contributed by atoms with Crippen LogP contribution in [0.1, 0.15) is 0 Å². The summed E-state index contributed by atoms with van der Waals surface area (Å²) in [6.45, 7) is 0.411. The molecule has 0 saturated heterocycles. The van der Waals surface area contributed by atoms with Gasteiger partial charge < -0.3 is 10.4 Å². The molecule has 1 unspecified atom stereocenters. The van der Waals surface area contributed by atoms with Crippen LogP contribution in [-0.2, 0) is 7.05 Å². The molecule has 0 radical (unpaired) electrons. The molecule has 5 nitrogen and oxygen atoms in total. The fourth-order valence-electron chi connectivity index (χ4n) is 1.54. The number of alkyl halides is 1. The van der Waals surface area contributed by atoms with Gasteiger partial charge in [-0.2, -0.15) is 0 Å². The van der Waals surface area contributed by atoms with Gasteiger partial charge in [-0.15, -0.1) is 16.7 Å². The van der Waals surface area contributed by atoms with Gasteiger partial charge in [-0.3, -0.25) is 0 Å². The third-order valence-corrected chi connectivity index (χ3v) is 2.69. The average Bonchev–Trinajstić information content (AvgIpc) is 2.69. The molecule has 6 heteroatoms. The van der Waals surface area contributed by atoms with E-state index in [0.717, 1.165) is 16.7 Å². The Hall–Kier alpha value is -1.33. The van der Waals surface area contributed by atoms with Crippen molar-refractivity contribution in [1.29, 1.82) is 0 Å². The van der Waals surface area contributed by atoms with E-state index < -0.39 is 6.10 Å². The van der Waals surface area contributed by atoms with E-state index in [1.165, 1.54) is 0 Å². The number of fused-ring (bicyclic) bond motifs is 1. The van der Waals surface area contributed by atoms with Crippen molar-refractivity contribution in [1.82, 2.24) is 15.0 Å². The number of aryl methyl sites for hydroxylation is 1. The first-order chi connectivity index (χ1) is 7.72. The van der Waals surface area contributed by atoms with Crippen LogP contribution in [0.3, 0.4) is 0 Å². The standard InChI is InChI=1S/C10H13ClN4O/c1-15-10-8(12-6-7(16)5-11)3-2-4-9(10)13-14-15/h2-4,7,12,16H,5-6H2,1H3. The van der Waals surface area contributed by atoms with Crippen LogP contribution in [0.15, 0.2) is 18.2 Å². The first-order valence-corrected chi connectivity index (χ1v) is 5.52. The number of benzene rings is 1. The highest BCUT2D eigenvalue weighted by molar-refractivity contribution is 6.18. The highest BCUT2D eigenvalue weighted by atomic mass is 35.5. The molecule has 2 N–H and O–H groups in total. The fraction of sp³-hybridized carbons (Fsp3) is 0.400. The van der Waals surface area contributed by atoms with Crippen LogP contribution in [0, 0.1) is 0 Å². The minimum absolute atomic E-state index is 0.215. The topological polar surface area (TPSA) is 63.0 Å². The van der Waals surface area contributed by atoms with Crippen LogP contribution in [0.4, 0.5) is 5.69 Å². The first-order valence-electron chi connectivity index (χ1n) is 4.98. The molecule has 0 aliphatic rings. The van der Waals surface area contributed by atoms with Crippen molar-refractivity contribution in [2.24, 2.45) is 7.05 Å². The largest absolute Gasteiger partial charge is 0.390 e. The molecular formula is C10H13ClN4O. The number of para-hydroxylation sites is 1. The zero-order valence-corrected chi connectivity index (χ0v) is 9.65. The second-order valence-corrected chi connectivity index (χ2v) is 3.88. The van der Waals surface area contributed by atoms with Gasteiger partial charge in [0.2, 0.25) is 0 Å². The maximum Gasteiger partial charge on any atom is 0.115 e. The van der Waals surface area contributed by atoms with Gasteiger partial charge in [-0.05, 0) is 12.1 Å². The Labute approximate surface area is 98.0 Å². The van der Waals surface area contributed by atoms with Gasteiger partial charge in [0.15, 0.2) is 0 Å². The number of nitrogens with one attached hydrogen (secondary N) is 1. The molecule has 0 amide bonds. The van der Waals surface area contributed by atoms with E-state index in [4.69, 9.17) is 11.6 Å². The molecule has 1 heterocycles. The van der Waals surface area contributed by atoms with Crippen LogP contribution in [-0.4, -0.2) is 38.6 Å². The maximum absolute atomic E-state index is 9.38. The predicted molar refractivity (Wildman–Crippen MR) is 63.7 cm³/mol. The van der Waals surface area contributed by atoms with Crippen molar-refractivity contribution < 1.29 is 5.11 Å². The highest BCUT2D eigenvalue weighted by Gasteiger charge is 2.08. The number of hydrogen-bond acceptors (Lipinski definition) is 4. The highest BCUT2D eigenvalue weighted by Crippen LogP contribution is 2.20. The second kappa shape index (κ2) is 4.67. The van der Waals surface area contributed by atoms with E-state index in [9.17, 15) is 5.11 Å². The van der Waals surface area contributed by atoms with Crippen LogP contribution in [0.2, 0.25) is 0 Å². The van der Waals surface area contributed by atoms with Gasteiger partial charge in [0.1, 0.15) is 11.0 Å². The Morgan fingerprint density at radius 3 is 3.12 bits per heavy atom. The first kappa shape index (κ1) is 11.2. The molecule has 0 fully saturated rings. The zero-order valence-electron chi connectivity index (χ0n) is 8.89. The van der Waals surface area contributed by atoms with Crippen LogP contribution < -0.4 is 5.32 Å². The summed E-state index contributed by atoms with van der Waals surface area (Å²) in [5, 5.41) is 20.5. The number of aliphatic hydroxyl groups excluding tert-OH is 1. The van der Waals surface area contributed by atoms with Crippen LogP contribution in [0.5, 0.6) is 0 Å². The molecule has 0 bridgehead atoms. The number of aliphatic hydroxyl groups is 1. The summed E-state index contributed by atoms with van der Waals surface area (Å²) < 4.78 is 1.70. The maximum atomic E-state index is 9.38. The van der Waals surface area contributed by atoms with E-state index in [-0.39, 0.29) is 5.88 Å². The third kappa shape index (κ3) is 2.10. The quantitative estimate of drug-likeness (QED) is 0.782. The third-order valence-electron chi connectivity index (χ3n) is 2.33. The summed E-state index contributed by atoms with van der Waals surface area (Å²) in [7, 11) is 1.83. The molecule has 2 rings (SSSR count). The molecule has 1 aromatic carbocycles. The molecule has 0 saturated carbocycles. The Bertz CT molecular complexity index is 485. The zero-order chi connectivity index (χ0) is 11.5. The van der Waals surface area contributed by atoms with Crippen LogP contribution >= 0.6 is 11.6 Å². The normalized spacial score (nSPS) is 12.9. The van der Waals surface area contributed by atoms with E-state index in [1.807, 2.05) is 25.2 Å². The lowest BCUT2D eigenvalue weighted by atomic mass is 10.2. The average molecular weight is 241 g/mol. The Morgan fingerprint density at radius 1 is 1.56 bits per heavy atom. The Kier molecular flexibility index (Phi) is 3.26. The fourth-order valence-corrected chi connectivity index (χ4v) is 1.65. The number of rotatable bonds is 4.